The molecule has 0 saturated carbocycles. The van der Waals surface area contributed by atoms with Gasteiger partial charge in [-0.15, -0.1) is 0 Å². The molecule has 1 rings (SSSR count). The molecule has 0 aliphatic heterocycles. The van der Waals surface area contributed by atoms with Crippen LogP contribution in [0.15, 0.2) is 24.3 Å². The maximum absolute atomic E-state index is 13.7. The summed E-state index contributed by atoms with van der Waals surface area (Å²) in [5.74, 6) is -0.269. The molecule has 2 atom stereocenters. The quantitative estimate of drug-likeness (QED) is 0.875. The Balaban J connectivity index is 3.00. The van der Waals surface area contributed by atoms with Gasteiger partial charge in [0.1, 0.15) is 5.82 Å². The molecule has 2 unspecified atom stereocenters. The van der Waals surface area contributed by atoms with Gasteiger partial charge in [0, 0.05) is 12.2 Å². The summed E-state index contributed by atoms with van der Waals surface area (Å²) in [7, 11) is 0. The van der Waals surface area contributed by atoms with E-state index >= 15 is 0 Å². The minimum atomic E-state index is -0.448. The predicted octanol–water partition coefficient (Wildman–Crippen LogP) is 3.28. The Kier molecular flexibility index (Phi) is 4.66. The number of rotatable bonds is 4. The van der Waals surface area contributed by atoms with Crippen LogP contribution in [0.5, 0.6) is 0 Å². The zero-order valence-electron chi connectivity index (χ0n) is 11.0. The predicted molar refractivity (Wildman–Crippen MR) is 68.2 cm³/mol. The number of halogens is 1. The highest BCUT2D eigenvalue weighted by molar-refractivity contribution is 5.22. The first kappa shape index (κ1) is 14.1. The van der Waals surface area contributed by atoms with Crippen LogP contribution in [0.1, 0.15) is 39.3 Å². The molecule has 3 heteroatoms. The van der Waals surface area contributed by atoms with Crippen molar-refractivity contribution in [1.82, 2.24) is 0 Å². The van der Waals surface area contributed by atoms with Gasteiger partial charge in [-0.2, -0.15) is 0 Å². The summed E-state index contributed by atoms with van der Waals surface area (Å²) in [6, 6.07) is 6.16. The third-order valence-corrected chi connectivity index (χ3v) is 2.79. The molecule has 0 radical (unpaired) electrons. The summed E-state index contributed by atoms with van der Waals surface area (Å²) in [6.45, 7) is 8.65. The van der Waals surface area contributed by atoms with Gasteiger partial charge in [-0.05, 0) is 18.4 Å². The minimum Gasteiger partial charge on any atom is -0.376 e. The van der Waals surface area contributed by atoms with Crippen molar-refractivity contribution < 1.29 is 9.13 Å². The smallest absolute Gasteiger partial charge is 0.128 e. The Bertz CT molecular complexity index is 359. The van der Waals surface area contributed by atoms with Crippen molar-refractivity contribution in [3.05, 3.63) is 35.6 Å². The normalized spacial score (nSPS) is 15.6. The van der Waals surface area contributed by atoms with Gasteiger partial charge in [0.2, 0.25) is 0 Å². The Morgan fingerprint density at radius 1 is 1.29 bits per heavy atom. The number of ether oxygens (including phenoxy) is 1. The third kappa shape index (κ3) is 3.51. The van der Waals surface area contributed by atoms with Crippen molar-refractivity contribution >= 4 is 0 Å². The van der Waals surface area contributed by atoms with E-state index in [1.54, 1.807) is 18.2 Å². The van der Waals surface area contributed by atoms with Crippen LogP contribution in [0.2, 0.25) is 0 Å². The highest BCUT2D eigenvalue weighted by Crippen LogP contribution is 2.32. The molecule has 17 heavy (non-hydrogen) atoms. The number of hydrogen-bond acceptors (Lipinski definition) is 2. The van der Waals surface area contributed by atoms with Gasteiger partial charge in [0.15, 0.2) is 0 Å². The number of nitrogens with two attached hydrogens (primary N) is 1. The van der Waals surface area contributed by atoms with Crippen LogP contribution in [0.4, 0.5) is 4.39 Å². The monoisotopic (exact) mass is 239 g/mol. The van der Waals surface area contributed by atoms with Crippen molar-refractivity contribution in [1.29, 1.82) is 0 Å². The third-order valence-electron chi connectivity index (χ3n) is 2.79. The van der Waals surface area contributed by atoms with Crippen molar-refractivity contribution in [3.8, 4) is 0 Å². The number of benzene rings is 1. The van der Waals surface area contributed by atoms with E-state index in [0.29, 0.717) is 12.2 Å². The molecule has 1 aromatic rings. The van der Waals surface area contributed by atoms with Crippen molar-refractivity contribution in [2.75, 3.05) is 6.61 Å². The summed E-state index contributed by atoms with van der Waals surface area (Å²) in [5, 5.41) is 0. The Morgan fingerprint density at radius 2 is 1.88 bits per heavy atom. The van der Waals surface area contributed by atoms with Crippen molar-refractivity contribution in [2.45, 2.75) is 39.8 Å². The van der Waals surface area contributed by atoms with Crippen LogP contribution >= 0.6 is 0 Å². The van der Waals surface area contributed by atoms with Gasteiger partial charge in [0.25, 0.3) is 0 Å². The largest absolute Gasteiger partial charge is 0.376 e. The van der Waals surface area contributed by atoms with Crippen LogP contribution in [0.25, 0.3) is 0 Å². The Morgan fingerprint density at radius 3 is 2.35 bits per heavy atom. The van der Waals surface area contributed by atoms with Crippen molar-refractivity contribution in [3.63, 3.8) is 0 Å². The Hall–Kier alpha value is -0.930. The molecule has 0 aliphatic rings. The zero-order chi connectivity index (χ0) is 13.1. The lowest BCUT2D eigenvalue weighted by Gasteiger charge is -2.35. The van der Waals surface area contributed by atoms with Crippen LogP contribution in [-0.2, 0) is 4.74 Å². The highest BCUT2D eigenvalue weighted by atomic mass is 19.1. The molecule has 0 aliphatic carbocycles. The summed E-state index contributed by atoms with van der Waals surface area (Å²) >= 11 is 0. The average molecular weight is 239 g/mol. The van der Waals surface area contributed by atoms with Gasteiger partial charge >= 0.3 is 0 Å². The SMILES string of the molecule is CCOC(C(N)c1ccccc1F)C(C)(C)C. The highest BCUT2D eigenvalue weighted by Gasteiger charge is 2.32. The van der Waals surface area contributed by atoms with Gasteiger partial charge in [-0.25, -0.2) is 4.39 Å². The first-order valence-corrected chi connectivity index (χ1v) is 5.99. The molecule has 0 fully saturated rings. The van der Waals surface area contributed by atoms with E-state index in [1.807, 2.05) is 27.7 Å². The van der Waals surface area contributed by atoms with Gasteiger partial charge in [-0.1, -0.05) is 39.0 Å². The van der Waals surface area contributed by atoms with Gasteiger partial charge < -0.3 is 10.5 Å². The lowest BCUT2D eigenvalue weighted by molar-refractivity contribution is -0.0289. The fourth-order valence-electron chi connectivity index (χ4n) is 1.98. The maximum atomic E-state index is 13.7. The molecular weight excluding hydrogens is 217 g/mol. The molecule has 0 aromatic heterocycles. The average Bonchev–Trinajstić information content (AvgIpc) is 2.24. The van der Waals surface area contributed by atoms with E-state index in [1.165, 1.54) is 6.07 Å². The zero-order valence-corrected chi connectivity index (χ0v) is 11.0. The minimum absolute atomic E-state index is 0.127. The van der Waals surface area contributed by atoms with Crippen LogP contribution in [0, 0.1) is 11.2 Å². The fraction of sp³-hybridized carbons (Fsp3) is 0.571. The molecule has 96 valence electrons. The molecule has 0 spiro atoms. The van der Waals surface area contributed by atoms with E-state index in [4.69, 9.17) is 10.5 Å². The molecule has 1 aromatic carbocycles. The van der Waals surface area contributed by atoms with Crippen LogP contribution in [0.3, 0.4) is 0 Å². The van der Waals surface area contributed by atoms with E-state index in [9.17, 15) is 4.39 Å². The lowest BCUT2D eigenvalue weighted by atomic mass is 9.82. The standard InChI is InChI=1S/C14H22FNO/c1-5-17-13(14(2,3)4)12(16)10-8-6-7-9-11(10)15/h6-9,12-13H,5,16H2,1-4H3. The summed E-state index contributed by atoms with van der Waals surface area (Å²) < 4.78 is 19.4. The maximum Gasteiger partial charge on any atom is 0.128 e. The van der Waals surface area contributed by atoms with E-state index in [0.717, 1.165) is 0 Å². The summed E-state index contributed by atoms with van der Waals surface area (Å²) in [6.07, 6.45) is -0.204. The molecule has 0 bridgehead atoms. The topological polar surface area (TPSA) is 35.2 Å². The van der Waals surface area contributed by atoms with E-state index in [2.05, 4.69) is 0 Å². The van der Waals surface area contributed by atoms with Crippen molar-refractivity contribution in [2.24, 2.45) is 11.1 Å². The molecule has 0 amide bonds. The van der Waals surface area contributed by atoms with Crippen LogP contribution in [-0.4, -0.2) is 12.7 Å². The second-order valence-electron chi connectivity index (χ2n) is 5.29. The first-order chi connectivity index (χ1) is 7.88. The van der Waals surface area contributed by atoms with Gasteiger partial charge in [-0.3, -0.25) is 0 Å². The summed E-state index contributed by atoms with van der Waals surface area (Å²) in [5.41, 5.74) is 6.53. The molecular formula is C14H22FNO. The molecule has 0 saturated heterocycles. The molecule has 0 heterocycles. The summed E-state index contributed by atoms with van der Waals surface area (Å²) in [4.78, 5) is 0. The lowest BCUT2D eigenvalue weighted by Crippen LogP contribution is -2.39. The molecule has 2 N–H and O–H groups in total. The second kappa shape index (κ2) is 5.61. The van der Waals surface area contributed by atoms with E-state index in [-0.39, 0.29) is 17.3 Å². The second-order valence-corrected chi connectivity index (χ2v) is 5.29. The fourth-order valence-corrected chi connectivity index (χ4v) is 1.98. The van der Waals surface area contributed by atoms with E-state index < -0.39 is 6.04 Å². The number of hydrogen-bond donors (Lipinski definition) is 1. The van der Waals surface area contributed by atoms with Gasteiger partial charge in [0.05, 0.1) is 12.1 Å². The van der Waals surface area contributed by atoms with Crippen LogP contribution < -0.4 is 5.73 Å². The Labute approximate surface area is 103 Å². The molecule has 2 nitrogen and oxygen atoms in total. The first-order valence-electron chi connectivity index (χ1n) is 5.99.